The molecule has 35 heavy (non-hydrogen) atoms. The van der Waals surface area contributed by atoms with Gasteiger partial charge in [0.25, 0.3) is 0 Å². The second kappa shape index (κ2) is 10.3. The lowest BCUT2D eigenvalue weighted by Gasteiger charge is -2.34. The summed E-state index contributed by atoms with van der Waals surface area (Å²) in [6, 6.07) is 7.40. The van der Waals surface area contributed by atoms with E-state index in [0.717, 1.165) is 49.1 Å². The van der Waals surface area contributed by atoms with E-state index in [4.69, 9.17) is 5.73 Å². The maximum Gasteiger partial charge on any atom is 0.419 e. The number of carbonyl (C=O) groups excluding carboxylic acids is 2. The summed E-state index contributed by atoms with van der Waals surface area (Å²) in [4.78, 5) is 35.2. The normalized spacial score (nSPS) is 14.5. The standard InChI is InChI=1S/C24H27F3N6O2/c25-24(26,27)19-15-29-23(30-16-19)33-12-10-32(11-13-33)21(34)4-2-1-3-8-31-9-7-17-5-6-18(22(28)35)14-20(17)31/h5-7,9,14-16H,1-4,8,10-13H2,(H2,28,35). The molecule has 2 N–H and O–H groups in total. The molecule has 1 fully saturated rings. The lowest BCUT2D eigenvalue weighted by Crippen LogP contribution is -2.49. The Kier molecular flexibility index (Phi) is 7.23. The molecule has 2 aromatic heterocycles. The van der Waals surface area contributed by atoms with Crippen LogP contribution in [0.5, 0.6) is 0 Å². The zero-order valence-corrected chi connectivity index (χ0v) is 19.2. The fourth-order valence-electron chi connectivity index (χ4n) is 4.21. The number of aromatic nitrogens is 3. The number of piperazine rings is 1. The summed E-state index contributed by atoms with van der Waals surface area (Å²) in [7, 11) is 0. The van der Waals surface area contributed by atoms with Gasteiger partial charge in [-0.05, 0) is 36.4 Å². The molecular weight excluding hydrogens is 461 g/mol. The van der Waals surface area contributed by atoms with Gasteiger partial charge in [0.05, 0.1) is 5.56 Å². The van der Waals surface area contributed by atoms with E-state index in [0.29, 0.717) is 38.2 Å². The van der Waals surface area contributed by atoms with Crippen LogP contribution in [-0.2, 0) is 17.5 Å². The smallest absolute Gasteiger partial charge is 0.366 e. The highest BCUT2D eigenvalue weighted by Gasteiger charge is 2.32. The number of primary amides is 1. The third-order valence-corrected chi connectivity index (χ3v) is 6.23. The Morgan fingerprint density at radius 3 is 2.34 bits per heavy atom. The van der Waals surface area contributed by atoms with E-state index in [2.05, 4.69) is 14.5 Å². The second-order valence-corrected chi connectivity index (χ2v) is 8.59. The number of rotatable bonds is 8. The number of hydrogen-bond donors (Lipinski definition) is 1. The monoisotopic (exact) mass is 488 g/mol. The number of alkyl halides is 3. The van der Waals surface area contributed by atoms with E-state index in [-0.39, 0.29) is 11.9 Å². The third-order valence-electron chi connectivity index (χ3n) is 6.23. The van der Waals surface area contributed by atoms with Crippen molar-refractivity contribution in [2.45, 2.75) is 38.4 Å². The number of halogens is 3. The van der Waals surface area contributed by atoms with Crippen molar-refractivity contribution in [3.8, 4) is 0 Å². The van der Waals surface area contributed by atoms with Crippen LogP contribution in [0.25, 0.3) is 10.9 Å². The number of nitrogens with zero attached hydrogens (tertiary/aromatic N) is 5. The molecule has 0 unspecified atom stereocenters. The number of nitrogens with two attached hydrogens (primary N) is 1. The zero-order chi connectivity index (χ0) is 25.0. The van der Waals surface area contributed by atoms with Gasteiger partial charge in [0.1, 0.15) is 0 Å². The molecule has 3 aromatic rings. The Morgan fingerprint density at radius 2 is 1.69 bits per heavy atom. The zero-order valence-electron chi connectivity index (χ0n) is 19.2. The lowest BCUT2D eigenvalue weighted by molar-refractivity contribution is -0.138. The molecule has 2 amide bonds. The average molecular weight is 489 g/mol. The van der Waals surface area contributed by atoms with Gasteiger partial charge < -0.3 is 20.1 Å². The minimum atomic E-state index is -4.46. The van der Waals surface area contributed by atoms with Crippen LogP contribution in [0.2, 0.25) is 0 Å². The predicted octanol–water partition coefficient (Wildman–Crippen LogP) is 3.46. The van der Waals surface area contributed by atoms with Crippen LogP contribution < -0.4 is 10.6 Å². The summed E-state index contributed by atoms with van der Waals surface area (Å²) in [5, 5.41) is 1.05. The van der Waals surface area contributed by atoms with E-state index in [1.54, 1.807) is 21.9 Å². The summed E-state index contributed by atoms with van der Waals surface area (Å²) in [5.74, 6) is -0.132. The molecule has 1 aromatic carbocycles. The molecule has 0 aliphatic carbocycles. The largest absolute Gasteiger partial charge is 0.419 e. The van der Waals surface area contributed by atoms with Gasteiger partial charge in [-0.3, -0.25) is 9.59 Å². The van der Waals surface area contributed by atoms with Crippen LogP contribution >= 0.6 is 0 Å². The highest BCUT2D eigenvalue weighted by atomic mass is 19.4. The van der Waals surface area contributed by atoms with Crippen molar-refractivity contribution in [3.63, 3.8) is 0 Å². The van der Waals surface area contributed by atoms with Gasteiger partial charge in [0.15, 0.2) is 0 Å². The van der Waals surface area contributed by atoms with Crippen molar-refractivity contribution in [2.75, 3.05) is 31.1 Å². The molecule has 1 aliphatic heterocycles. The van der Waals surface area contributed by atoms with Gasteiger partial charge in [0, 0.05) is 68.8 Å². The van der Waals surface area contributed by atoms with E-state index >= 15 is 0 Å². The van der Waals surface area contributed by atoms with Gasteiger partial charge in [-0.25, -0.2) is 9.97 Å². The SMILES string of the molecule is NC(=O)c1ccc2ccn(CCCCCC(=O)N3CCN(c4ncc(C(F)(F)F)cn4)CC3)c2c1. The predicted molar refractivity (Wildman–Crippen MR) is 125 cm³/mol. The van der Waals surface area contributed by atoms with Crippen LogP contribution in [0.3, 0.4) is 0 Å². The fourth-order valence-corrected chi connectivity index (χ4v) is 4.21. The van der Waals surface area contributed by atoms with Gasteiger partial charge in [-0.15, -0.1) is 0 Å². The minimum Gasteiger partial charge on any atom is -0.366 e. The minimum absolute atomic E-state index is 0.0792. The summed E-state index contributed by atoms with van der Waals surface area (Å²) in [5.41, 5.74) is 5.95. The first kappa shape index (κ1) is 24.5. The number of hydrogen-bond acceptors (Lipinski definition) is 5. The van der Waals surface area contributed by atoms with Crippen molar-refractivity contribution in [1.29, 1.82) is 0 Å². The number of carbonyl (C=O) groups is 2. The number of aryl methyl sites for hydroxylation is 1. The molecule has 0 radical (unpaired) electrons. The van der Waals surface area contributed by atoms with Gasteiger partial charge in [-0.2, -0.15) is 13.2 Å². The first-order valence-electron chi connectivity index (χ1n) is 11.5. The third kappa shape index (κ3) is 5.90. The van der Waals surface area contributed by atoms with Gasteiger partial charge in [0.2, 0.25) is 17.8 Å². The number of benzene rings is 1. The molecule has 4 rings (SSSR count). The molecule has 0 spiro atoms. The molecule has 0 bridgehead atoms. The van der Waals surface area contributed by atoms with Crippen molar-refractivity contribution in [2.24, 2.45) is 5.73 Å². The van der Waals surface area contributed by atoms with Crippen LogP contribution in [0, 0.1) is 0 Å². The highest BCUT2D eigenvalue weighted by Crippen LogP contribution is 2.28. The first-order chi connectivity index (χ1) is 16.7. The highest BCUT2D eigenvalue weighted by molar-refractivity contribution is 5.97. The van der Waals surface area contributed by atoms with E-state index in [9.17, 15) is 22.8 Å². The molecule has 186 valence electrons. The second-order valence-electron chi connectivity index (χ2n) is 8.59. The molecular formula is C24H27F3N6O2. The summed E-state index contributed by atoms with van der Waals surface area (Å²) in [6.45, 7) is 2.71. The summed E-state index contributed by atoms with van der Waals surface area (Å²) < 4.78 is 40.1. The molecule has 1 saturated heterocycles. The topological polar surface area (TPSA) is 97.3 Å². The van der Waals surface area contributed by atoms with E-state index in [1.807, 2.05) is 18.3 Å². The lowest BCUT2D eigenvalue weighted by atomic mass is 10.1. The van der Waals surface area contributed by atoms with Crippen molar-refractivity contribution < 1.29 is 22.8 Å². The molecule has 8 nitrogen and oxygen atoms in total. The van der Waals surface area contributed by atoms with Crippen LogP contribution in [0.4, 0.5) is 19.1 Å². The van der Waals surface area contributed by atoms with Crippen LogP contribution in [0.15, 0.2) is 42.9 Å². The van der Waals surface area contributed by atoms with E-state index < -0.39 is 17.6 Å². The Labute approximate surface area is 200 Å². The maximum atomic E-state index is 12.7. The van der Waals surface area contributed by atoms with Crippen molar-refractivity contribution in [3.05, 3.63) is 54.0 Å². The number of unbranched alkanes of at least 4 members (excludes halogenated alkanes) is 2. The molecule has 0 atom stereocenters. The number of fused-ring (bicyclic) bond motifs is 1. The number of anilines is 1. The van der Waals surface area contributed by atoms with Gasteiger partial charge >= 0.3 is 6.18 Å². The number of amides is 2. The average Bonchev–Trinajstić information content (AvgIpc) is 3.25. The van der Waals surface area contributed by atoms with Gasteiger partial charge in [-0.1, -0.05) is 12.5 Å². The van der Waals surface area contributed by atoms with E-state index in [1.165, 1.54) is 0 Å². The summed E-state index contributed by atoms with van der Waals surface area (Å²) >= 11 is 0. The maximum absolute atomic E-state index is 12.7. The van der Waals surface area contributed by atoms with Crippen LogP contribution in [-0.4, -0.2) is 57.4 Å². The first-order valence-corrected chi connectivity index (χ1v) is 11.5. The van der Waals surface area contributed by atoms with Crippen molar-refractivity contribution in [1.82, 2.24) is 19.4 Å². The molecule has 11 heteroatoms. The molecule has 1 aliphatic rings. The quantitative estimate of drug-likeness (QED) is 0.490. The van der Waals surface area contributed by atoms with Crippen LogP contribution in [0.1, 0.15) is 41.6 Å². The fraction of sp³-hybridized carbons (Fsp3) is 0.417. The molecule has 0 saturated carbocycles. The Morgan fingerprint density at radius 1 is 0.971 bits per heavy atom. The van der Waals surface area contributed by atoms with Crippen molar-refractivity contribution >= 4 is 28.7 Å². The Bertz CT molecular complexity index is 1180. The summed E-state index contributed by atoms with van der Waals surface area (Å²) in [6.07, 6.45) is 2.10. The Balaban J connectivity index is 1.18. The molecule has 3 heterocycles. The Hall–Kier alpha value is -3.63.